The van der Waals surface area contributed by atoms with Crippen LogP contribution in [-0.4, -0.2) is 20.3 Å². The van der Waals surface area contributed by atoms with Gasteiger partial charge in [0.2, 0.25) is 0 Å². The molecule has 3 heteroatoms. The van der Waals surface area contributed by atoms with Crippen LogP contribution in [-0.2, 0) is 5.41 Å². The standard InChI is InChI=1S/C12H20N2O/c1-12(2,8-14-9-13)10-4-6-11(15-3)7-5-10/h4-7,14H,8-9,13H2,1-3H3. The van der Waals surface area contributed by atoms with Crippen LogP contribution in [0, 0.1) is 0 Å². The van der Waals surface area contributed by atoms with Crippen LogP contribution < -0.4 is 15.8 Å². The van der Waals surface area contributed by atoms with Crippen LogP contribution in [0.1, 0.15) is 19.4 Å². The largest absolute Gasteiger partial charge is 0.497 e. The molecule has 0 aliphatic heterocycles. The molecule has 0 saturated carbocycles. The van der Waals surface area contributed by atoms with E-state index in [0.29, 0.717) is 6.67 Å². The van der Waals surface area contributed by atoms with Gasteiger partial charge in [-0.15, -0.1) is 0 Å². The van der Waals surface area contributed by atoms with Gasteiger partial charge in [-0.2, -0.15) is 0 Å². The Morgan fingerprint density at radius 3 is 2.33 bits per heavy atom. The third-order valence-electron chi connectivity index (χ3n) is 2.58. The topological polar surface area (TPSA) is 47.3 Å². The van der Waals surface area contributed by atoms with Crippen LogP contribution in [0.25, 0.3) is 0 Å². The van der Waals surface area contributed by atoms with Gasteiger partial charge in [-0.25, -0.2) is 0 Å². The highest BCUT2D eigenvalue weighted by Crippen LogP contribution is 2.24. The van der Waals surface area contributed by atoms with Crippen molar-refractivity contribution in [1.82, 2.24) is 5.32 Å². The first kappa shape index (κ1) is 12.0. The van der Waals surface area contributed by atoms with Gasteiger partial charge >= 0.3 is 0 Å². The zero-order valence-electron chi connectivity index (χ0n) is 9.71. The van der Waals surface area contributed by atoms with E-state index in [1.165, 1.54) is 5.56 Å². The van der Waals surface area contributed by atoms with Gasteiger partial charge in [-0.3, -0.25) is 0 Å². The van der Waals surface area contributed by atoms with Gasteiger partial charge in [0, 0.05) is 18.6 Å². The smallest absolute Gasteiger partial charge is 0.118 e. The van der Waals surface area contributed by atoms with Gasteiger partial charge in [0.05, 0.1) is 7.11 Å². The maximum absolute atomic E-state index is 5.43. The molecule has 0 aliphatic rings. The van der Waals surface area contributed by atoms with E-state index in [0.717, 1.165) is 12.3 Å². The molecule has 1 aromatic carbocycles. The van der Waals surface area contributed by atoms with Gasteiger partial charge < -0.3 is 15.8 Å². The van der Waals surface area contributed by atoms with E-state index < -0.39 is 0 Å². The number of rotatable bonds is 5. The fourth-order valence-electron chi connectivity index (χ4n) is 1.53. The molecular formula is C12H20N2O. The van der Waals surface area contributed by atoms with Crippen LogP contribution in [0.2, 0.25) is 0 Å². The molecule has 0 atom stereocenters. The van der Waals surface area contributed by atoms with Crippen LogP contribution in [0.4, 0.5) is 0 Å². The first-order valence-electron chi connectivity index (χ1n) is 5.15. The van der Waals surface area contributed by atoms with Crippen molar-refractivity contribution in [3.63, 3.8) is 0 Å². The highest BCUT2D eigenvalue weighted by atomic mass is 16.5. The maximum Gasteiger partial charge on any atom is 0.118 e. The van der Waals surface area contributed by atoms with Crippen molar-refractivity contribution in [2.24, 2.45) is 5.73 Å². The minimum atomic E-state index is 0.0889. The molecule has 0 heterocycles. The average Bonchev–Trinajstić information content (AvgIpc) is 2.26. The Morgan fingerprint density at radius 1 is 1.27 bits per heavy atom. The molecule has 1 aromatic rings. The molecule has 0 aliphatic carbocycles. The van der Waals surface area contributed by atoms with Gasteiger partial charge in [0.15, 0.2) is 0 Å². The first-order chi connectivity index (χ1) is 7.10. The summed E-state index contributed by atoms with van der Waals surface area (Å²) in [4.78, 5) is 0. The summed E-state index contributed by atoms with van der Waals surface area (Å²) in [5.74, 6) is 0.890. The monoisotopic (exact) mass is 208 g/mol. The van der Waals surface area contributed by atoms with Gasteiger partial charge in [-0.1, -0.05) is 26.0 Å². The van der Waals surface area contributed by atoms with Crippen LogP contribution in [0.5, 0.6) is 5.75 Å². The molecule has 15 heavy (non-hydrogen) atoms. The Bertz CT molecular complexity index is 293. The number of ether oxygens (including phenoxy) is 1. The molecule has 0 radical (unpaired) electrons. The predicted octanol–water partition coefficient (Wildman–Crippen LogP) is 1.48. The SMILES string of the molecule is COc1ccc(C(C)(C)CNCN)cc1. The van der Waals surface area contributed by atoms with E-state index in [9.17, 15) is 0 Å². The number of hydrogen-bond donors (Lipinski definition) is 2. The second-order valence-electron chi connectivity index (χ2n) is 4.24. The minimum absolute atomic E-state index is 0.0889. The molecule has 0 bridgehead atoms. The molecular weight excluding hydrogens is 188 g/mol. The molecule has 0 aromatic heterocycles. The summed E-state index contributed by atoms with van der Waals surface area (Å²) in [5.41, 5.74) is 6.80. The molecule has 0 amide bonds. The second-order valence-corrected chi connectivity index (χ2v) is 4.24. The van der Waals surface area contributed by atoms with Gasteiger partial charge in [0.1, 0.15) is 5.75 Å². The number of hydrogen-bond acceptors (Lipinski definition) is 3. The van der Waals surface area contributed by atoms with Gasteiger partial charge in [-0.05, 0) is 17.7 Å². The third-order valence-corrected chi connectivity index (χ3v) is 2.58. The van der Waals surface area contributed by atoms with Crippen LogP contribution in [0.3, 0.4) is 0 Å². The highest BCUT2D eigenvalue weighted by Gasteiger charge is 2.19. The van der Waals surface area contributed by atoms with Crippen molar-refractivity contribution < 1.29 is 4.74 Å². The molecule has 3 N–H and O–H groups in total. The Morgan fingerprint density at radius 2 is 1.87 bits per heavy atom. The van der Waals surface area contributed by atoms with Gasteiger partial charge in [0.25, 0.3) is 0 Å². The summed E-state index contributed by atoms with van der Waals surface area (Å²) < 4.78 is 5.13. The summed E-state index contributed by atoms with van der Waals surface area (Å²) >= 11 is 0. The molecule has 84 valence electrons. The van der Waals surface area contributed by atoms with Crippen molar-refractivity contribution >= 4 is 0 Å². The molecule has 3 nitrogen and oxygen atoms in total. The lowest BCUT2D eigenvalue weighted by Crippen LogP contribution is -2.35. The summed E-state index contributed by atoms with van der Waals surface area (Å²) in [6, 6.07) is 8.16. The van der Waals surface area contributed by atoms with Crippen molar-refractivity contribution in [2.45, 2.75) is 19.3 Å². The average molecular weight is 208 g/mol. The second kappa shape index (κ2) is 5.14. The van der Waals surface area contributed by atoms with E-state index in [4.69, 9.17) is 10.5 Å². The van der Waals surface area contributed by atoms with E-state index in [1.807, 2.05) is 12.1 Å². The lowest BCUT2D eigenvalue weighted by atomic mass is 9.84. The third kappa shape index (κ3) is 3.22. The number of nitrogens with one attached hydrogen (secondary N) is 1. The van der Waals surface area contributed by atoms with Crippen LogP contribution in [0.15, 0.2) is 24.3 Å². The zero-order chi connectivity index (χ0) is 11.3. The Balaban J connectivity index is 2.75. The maximum atomic E-state index is 5.43. The highest BCUT2D eigenvalue weighted by molar-refractivity contribution is 5.31. The molecule has 0 unspecified atom stereocenters. The summed E-state index contributed by atoms with van der Waals surface area (Å²) in [7, 11) is 1.68. The molecule has 0 fully saturated rings. The fraction of sp³-hybridized carbons (Fsp3) is 0.500. The van der Waals surface area contributed by atoms with E-state index >= 15 is 0 Å². The van der Waals surface area contributed by atoms with Crippen molar-refractivity contribution in [3.8, 4) is 5.75 Å². The van der Waals surface area contributed by atoms with E-state index in [1.54, 1.807) is 7.11 Å². The Hall–Kier alpha value is -1.06. The summed E-state index contributed by atoms with van der Waals surface area (Å²) in [6.45, 7) is 5.77. The molecule has 0 saturated heterocycles. The normalized spacial score (nSPS) is 11.5. The quantitative estimate of drug-likeness (QED) is 0.720. The summed E-state index contributed by atoms with van der Waals surface area (Å²) in [5, 5.41) is 3.16. The predicted molar refractivity (Wildman–Crippen MR) is 63.1 cm³/mol. The Kier molecular flexibility index (Phi) is 4.12. The molecule has 1 rings (SSSR count). The lowest BCUT2D eigenvalue weighted by molar-refractivity contribution is 0.413. The zero-order valence-corrected chi connectivity index (χ0v) is 9.71. The first-order valence-corrected chi connectivity index (χ1v) is 5.15. The van der Waals surface area contributed by atoms with E-state index in [2.05, 4.69) is 31.3 Å². The minimum Gasteiger partial charge on any atom is -0.497 e. The lowest BCUT2D eigenvalue weighted by Gasteiger charge is -2.25. The van der Waals surface area contributed by atoms with E-state index in [-0.39, 0.29) is 5.41 Å². The van der Waals surface area contributed by atoms with Crippen molar-refractivity contribution in [3.05, 3.63) is 29.8 Å². The number of nitrogens with two attached hydrogens (primary N) is 1. The van der Waals surface area contributed by atoms with Crippen molar-refractivity contribution in [1.29, 1.82) is 0 Å². The number of benzene rings is 1. The Labute approximate surface area is 91.6 Å². The number of methoxy groups -OCH3 is 1. The van der Waals surface area contributed by atoms with Crippen LogP contribution >= 0.6 is 0 Å². The van der Waals surface area contributed by atoms with Crippen molar-refractivity contribution in [2.75, 3.05) is 20.3 Å². The molecule has 0 spiro atoms. The fourth-order valence-corrected chi connectivity index (χ4v) is 1.53. The summed E-state index contributed by atoms with van der Waals surface area (Å²) in [6.07, 6.45) is 0.